The smallest absolute Gasteiger partial charge is 0.0679 e. The van der Waals surface area contributed by atoms with E-state index in [-0.39, 0.29) is 0 Å². The normalized spacial score (nSPS) is 9.80. The second kappa shape index (κ2) is 3.57. The van der Waals surface area contributed by atoms with E-state index in [0.717, 1.165) is 9.52 Å². The van der Waals surface area contributed by atoms with Crippen LogP contribution >= 0.6 is 0 Å². The molecule has 0 spiro atoms. The van der Waals surface area contributed by atoms with E-state index in [4.69, 9.17) is 0 Å². The van der Waals surface area contributed by atoms with Crippen LogP contribution in [0.4, 0.5) is 0 Å². The van der Waals surface area contributed by atoms with Crippen molar-refractivity contribution in [3.8, 4) is 0 Å². The average Bonchev–Trinajstić information content (AvgIpc) is 1.88. The summed E-state index contributed by atoms with van der Waals surface area (Å²) in [6.45, 7) is 4.37. The van der Waals surface area contributed by atoms with Gasteiger partial charge in [-0.3, -0.25) is 0 Å². The lowest BCUT2D eigenvalue weighted by Crippen LogP contribution is -2.11. The maximum absolute atomic E-state index is 2.27. The molecule has 0 unspecified atom stereocenters. The molecular formula is C9H12Si. The van der Waals surface area contributed by atoms with Crippen molar-refractivity contribution in [2.24, 2.45) is 0 Å². The van der Waals surface area contributed by atoms with Crippen LogP contribution < -0.4 is 5.19 Å². The van der Waals surface area contributed by atoms with E-state index in [9.17, 15) is 0 Å². The van der Waals surface area contributed by atoms with E-state index in [2.05, 4.69) is 38.1 Å². The maximum Gasteiger partial charge on any atom is 0.0805 e. The first-order valence-corrected chi connectivity index (χ1v) is 4.84. The van der Waals surface area contributed by atoms with Gasteiger partial charge in [0.1, 0.15) is 0 Å². The zero-order valence-electron chi connectivity index (χ0n) is 6.52. The minimum Gasteiger partial charge on any atom is -0.0679 e. The number of benzene rings is 1. The molecule has 2 radical (unpaired) electrons. The predicted molar refractivity (Wildman–Crippen MR) is 47.0 cm³/mol. The van der Waals surface area contributed by atoms with Crippen molar-refractivity contribution in [2.45, 2.75) is 19.9 Å². The van der Waals surface area contributed by atoms with Gasteiger partial charge >= 0.3 is 0 Å². The molecule has 0 amide bonds. The van der Waals surface area contributed by atoms with Crippen LogP contribution in [-0.4, -0.2) is 9.52 Å². The highest BCUT2D eigenvalue weighted by molar-refractivity contribution is 6.53. The second-order valence-electron chi connectivity index (χ2n) is 2.40. The van der Waals surface area contributed by atoms with E-state index < -0.39 is 0 Å². The average molecular weight is 148 g/mol. The fraction of sp³-hybridized carbons (Fsp3) is 0.333. The molecule has 0 atom stereocenters. The zero-order chi connectivity index (χ0) is 7.40. The SMILES string of the molecule is CC[Si]c1cccc(C)c1. The Morgan fingerprint density at radius 2 is 2.20 bits per heavy atom. The topological polar surface area (TPSA) is 0 Å². The molecule has 0 aromatic heterocycles. The third-order valence-electron chi connectivity index (χ3n) is 1.40. The molecule has 0 fully saturated rings. The fourth-order valence-electron chi connectivity index (χ4n) is 0.959. The number of aryl methyl sites for hydroxylation is 1. The Hall–Kier alpha value is -0.563. The lowest BCUT2D eigenvalue weighted by atomic mass is 10.2. The molecule has 0 nitrogen and oxygen atoms in total. The fourth-order valence-corrected chi connectivity index (χ4v) is 1.91. The molecule has 1 rings (SSSR count). The third-order valence-corrected chi connectivity index (χ3v) is 2.47. The number of rotatable bonds is 2. The quantitative estimate of drug-likeness (QED) is 0.561. The molecule has 0 aliphatic carbocycles. The monoisotopic (exact) mass is 148 g/mol. The highest BCUT2D eigenvalue weighted by atomic mass is 28.2. The van der Waals surface area contributed by atoms with Gasteiger partial charge in [0.15, 0.2) is 0 Å². The minimum atomic E-state index is 0.984. The van der Waals surface area contributed by atoms with Gasteiger partial charge in [0.25, 0.3) is 0 Å². The maximum atomic E-state index is 2.27. The molecule has 1 aromatic rings. The van der Waals surface area contributed by atoms with Crippen LogP contribution in [0.15, 0.2) is 24.3 Å². The third kappa shape index (κ3) is 1.99. The Morgan fingerprint density at radius 1 is 1.40 bits per heavy atom. The molecule has 0 aliphatic heterocycles. The van der Waals surface area contributed by atoms with Crippen LogP contribution in [-0.2, 0) is 0 Å². The van der Waals surface area contributed by atoms with Gasteiger partial charge < -0.3 is 0 Å². The van der Waals surface area contributed by atoms with Gasteiger partial charge in [-0.2, -0.15) is 0 Å². The standard InChI is InChI=1S/C9H12Si/c1-3-10-9-6-4-5-8(2)7-9/h4-7H,3H2,1-2H3. The van der Waals surface area contributed by atoms with Crippen molar-refractivity contribution in [3.05, 3.63) is 29.8 Å². The molecule has 0 aliphatic rings. The highest BCUT2D eigenvalue weighted by Crippen LogP contribution is 1.92. The first kappa shape index (κ1) is 7.54. The Balaban J connectivity index is 2.75. The van der Waals surface area contributed by atoms with Crippen molar-refractivity contribution >= 4 is 14.7 Å². The predicted octanol–water partition coefficient (Wildman–Crippen LogP) is 1.76. The summed E-state index contributed by atoms with van der Waals surface area (Å²) < 4.78 is 0. The van der Waals surface area contributed by atoms with Gasteiger partial charge in [-0.05, 0) is 6.92 Å². The molecule has 10 heavy (non-hydrogen) atoms. The van der Waals surface area contributed by atoms with E-state index in [0.29, 0.717) is 0 Å². The van der Waals surface area contributed by atoms with E-state index >= 15 is 0 Å². The van der Waals surface area contributed by atoms with Crippen LogP contribution in [0.5, 0.6) is 0 Å². The molecular weight excluding hydrogens is 136 g/mol. The number of hydrogen-bond donors (Lipinski definition) is 0. The Kier molecular flexibility index (Phi) is 2.69. The van der Waals surface area contributed by atoms with Crippen molar-refractivity contribution in [2.75, 3.05) is 0 Å². The summed E-state index contributed by atoms with van der Waals surface area (Å²) in [6.07, 6.45) is 0. The molecule has 0 heterocycles. The van der Waals surface area contributed by atoms with E-state index in [1.165, 1.54) is 16.8 Å². The van der Waals surface area contributed by atoms with Gasteiger partial charge in [0.2, 0.25) is 0 Å². The van der Waals surface area contributed by atoms with Crippen LogP contribution in [0.2, 0.25) is 6.04 Å². The van der Waals surface area contributed by atoms with Gasteiger partial charge in [0.05, 0.1) is 9.52 Å². The summed E-state index contributed by atoms with van der Waals surface area (Å²) in [5.74, 6) is 0. The molecule has 0 bridgehead atoms. The molecule has 1 aromatic carbocycles. The van der Waals surface area contributed by atoms with Gasteiger partial charge in [-0.1, -0.05) is 48.0 Å². The lowest BCUT2D eigenvalue weighted by molar-refractivity contribution is 1.45. The van der Waals surface area contributed by atoms with Gasteiger partial charge in [-0.15, -0.1) is 0 Å². The summed E-state index contributed by atoms with van der Waals surface area (Å²) in [6, 6.07) is 10.0. The Morgan fingerprint density at radius 3 is 2.80 bits per heavy atom. The second-order valence-corrected chi connectivity index (χ2v) is 4.04. The van der Waals surface area contributed by atoms with Crippen LogP contribution in [0.25, 0.3) is 0 Å². The van der Waals surface area contributed by atoms with E-state index in [1.54, 1.807) is 0 Å². The van der Waals surface area contributed by atoms with Crippen molar-refractivity contribution in [1.29, 1.82) is 0 Å². The van der Waals surface area contributed by atoms with Gasteiger partial charge in [0, 0.05) is 0 Å². The minimum absolute atomic E-state index is 0.984. The molecule has 52 valence electrons. The summed E-state index contributed by atoms with van der Waals surface area (Å²) in [7, 11) is 0.984. The molecule has 1 heteroatoms. The Labute approximate surface area is 65.1 Å². The van der Waals surface area contributed by atoms with Crippen LogP contribution in [0, 0.1) is 6.92 Å². The van der Waals surface area contributed by atoms with Crippen molar-refractivity contribution < 1.29 is 0 Å². The summed E-state index contributed by atoms with van der Waals surface area (Å²) in [5, 5.41) is 1.49. The van der Waals surface area contributed by atoms with Gasteiger partial charge in [-0.25, -0.2) is 0 Å². The summed E-state index contributed by atoms with van der Waals surface area (Å²) >= 11 is 0. The molecule has 0 saturated carbocycles. The number of hydrogen-bond acceptors (Lipinski definition) is 0. The Bertz CT molecular complexity index is 206. The summed E-state index contributed by atoms with van der Waals surface area (Å²) in [5.41, 5.74) is 1.37. The largest absolute Gasteiger partial charge is 0.0805 e. The summed E-state index contributed by atoms with van der Waals surface area (Å²) in [4.78, 5) is 0. The first-order valence-electron chi connectivity index (χ1n) is 3.63. The molecule has 0 saturated heterocycles. The van der Waals surface area contributed by atoms with Crippen LogP contribution in [0.1, 0.15) is 12.5 Å². The highest BCUT2D eigenvalue weighted by Gasteiger charge is 1.90. The van der Waals surface area contributed by atoms with Crippen LogP contribution in [0.3, 0.4) is 0 Å². The lowest BCUT2D eigenvalue weighted by Gasteiger charge is -1.96. The van der Waals surface area contributed by atoms with Crippen molar-refractivity contribution in [1.82, 2.24) is 0 Å². The molecule has 0 N–H and O–H groups in total. The zero-order valence-corrected chi connectivity index (χ0v) is 7.52. The van der Waals surface area contributed by atoms with Crippen molar-refractivity contribution in [3.63, 3.8) is 0 Å². The first-order chi connectivity index (χ1) is 4.83. The van der Waals surface area contributed by atoms with E-state index in [1.807, 2.05) is 0 Å².